The van der Waals surface area contributed by atoms with E-state index < -0.39 is 18.2 Å². The normalized spacial score (nSPS) is 17.1. The maximum absolute atomic E-state index is 12.9. The lowest BCUT2D eigenvalue weighted by Crippen LogP contribution is -2.35. The van der Waals surface area contributed by atoms with Gasteiger partial charge in [0.05, 0.1) is 26.9 Å². The molecule has 0 aromatic heterocycles. The van der Waals surface area contributed by atoms with Crippen molar-refractivity contribution in [3.63, 3.8) is 0 Å². The Morgan fingerprint density at radius 1 is 0.871 bits per heavy atom. The highest BCUT2D eigenvalue weighted by atomic mass is 16.6. The Balaban J connectivity index is 1.67. The van der Waals surface area contributed by atoms with E-state index in [2.05, 4.69) is 0 Å². The minimum absolute atomic E-state index is 0.423. The smallest absolute Gasteiger partial charge is 0.338 e. The minimum Gasteiger partial charge on any atom is -0.497 e. The standard InChI is InChI=1S/C25H24O6/c1-27-18-11-9-17(10-12-18)25(26)31-23-15-20-21(29-3)13-19(28-2)14-22(20)30-24(23)16-7-5-4-6-8-16/h4-14,23-24H,15H2,1-3H3/t23-,24-/m1/s1. The topological polar surface area (TPSA) is 63.2 Å². The van der Waals surface area contributed by atoms with Crippen LogP contribution in [0.25, 0.3) is 0 Å². The van der Waals surface area contributed by atoms with Gasteiger partial charge in [0.25, 0.3) is 0 Å². The molecule has 3 aromatic rings. The number of benzene rings is 3. The number of hydrogen-bond acceptors (Lipinski definition) is 6. The number of carbonyl (C=O) groups is 1. The van der Waals surface area contributed by atoms with Crippen LogP contribution in [-0.2, 0) is 11.2 Å². The Morgan fingerprint density at radius 2 is 1.58 bits per heavy atom. The number of esters is 1. The zero-order valence-electron chi connectivity index (χ0n) is 17.7. The molecule has 0 N–H and O–H groups in total. The highest BCUT2D eigenvalue weighted by Crippen LogP contribution is 2.43. The predicted molar refractivity (Wildman–Crippen MR) is 115 cm³/mol. The maximum atomic E-state index is 12.9. The number of carbonyl (C=O) groups excluding carboxylic acids is 1. The summed E-state index contributed by atoms with van der Waals surface area (Å²) in [6.45, 7) is 0. The second-order valence-corrected chi connectivity index (χ2v) is 7.13. The van der Waals surface area contributed by atoms with E-state index in [-0.39, 0.29) is 0 Å². The van der Waals surface area contributed by atoms with Crippen LogP contribution < -0.4 is 18.9 Å². The molecular weight excluding hydrogens is 396 g/mol. The summed E-state index contributed by atoms with van der Waals surface area (Å²) in [6.07, 6.45) is -0.552. The van der Waals surface area contributed by atoms with Crippen molar-refractivity contribution in [1.82, 2.24) is 0 Å². The molecule has 0 aliphatic carbocycles. The molecular formula is C25H24O6. The van der Waals surface area contributed by atoms with Crippen molar-refractivity contribution < 1.29 is 28.5 Å². The molecule has 0 saturated heterocycles. The van der Waals surface area contributed by atoms with E-state index in [1.165, 1.54) is 0 Å². The third kappa shape index (κ3) is 4.28. The molecule has 1 aliphatic rings. The zero-order valence-corrected chi connectivity index (χ0v) is 17.7. The first-order chi connectivity index (χ1) is 15.1. The summed E-state index contributed by atoms with van der Waals surface area (Å²) in [7, 11) is 4.77. The van der Waals surface area contributed by atoms with Crippen LogP contribution in [0.1, 0.15) is 27.6 Å². The molecule has 0 spiro atoms. The van der Waals surface area contributed by atoms with Gasteiger partial charge in [0, 0.05) is 24.1 Å². The van der Waals surface area contributed by atoms with Gasteiger partial charge in [-0.05, 0) is 29.8 Å². The lowest BCUT2D eigenvalue weighted by molar-refractivity contribution is -0.0187. The van der Waals surface area contributed by atoms with E-state index >= 15 is 0 Å². The highest BCUT2D eigenvalue weighted by Gasteiger charge is 2.36. The molecule has 0 radical (unpaired) electrons. The Morgan fingerprint density at radius 3 is 2.23 bits per heavy atom. The lowest BCUT2D eigenvalue weighted by Gasteiger charge is -2.34. The first-order valence-corrected chi connectivity index (χ1v) is 9.94. The molecule has 1 heterocycles. The van der Waals surface area contributed by atoms with Crippen molar-refractivity contribution in [3.8, 4) is 23.0 Å². The highest BCUT2D eigenvalue weighted by molar-refractivity contribution is 5.89. The molecule has 160 valence electrons. The summed E-state index contributed by atoms with van der Waals surface area (Å²) in [5.74, 6) is 2.17. The summed E-state index contributed by atoms with van der Waals surface area (Å²) in [5, 5.41) is 0. The van der Waals surface area contributed by atoms with Gasteiger partial charge in [-0.15, -0.1) is 0 Å². The molecule has 0 fully saturated rings. The SMILES string of the molecule is COc1ccc(C(=O)O[C@@H]2Cc3c(OC)cc(OC)cc3O[C@@H]2c2ccccc2)cc1. The zero-order chi connectivity index (χ0) is 21.8. The van der Waals surface area contributed by atoms with Gasteiger partial charge in [-0.25, -0.2) is 4.79 Å². The third-order valence-corrected chi connectivity index (χ3v) is 5.31. The fraction of sp³-hybridized carbons (Fsp3) is 0.240. The quantitative estimate of drug-likeness (QED) is 0.543. The summed E-state index contributed by atoms with van der Waals surface area (Å²) in [6, 6.07) is 20.2. The molecule has 4 rings (SSSR count). The first-order valence-electron chi connectivity index (χ1n) is 9.94. The van der Waals surface area contributed by atoms with Crippen LogP contribution >= 0.6 is 0 Å². The summed E-state index contributed by atoms with van der Waals surface area (Å²) in [4.78, 5) is 12.9. The minimum atomic E-state index is -0.535. The van der Waals surface area contributed by atoms with E-state index in [1.807, 2.05) is 36.4 Å². The van der Waals surface area contributed by atoms with Gasteiger partial charge in [0.2, 0.25) is 0 Å². The van der Waals surface area contributed by atoms with Crippen LogP contribution in [0.4, 0.5) is 0 Å². The van der Waals surface area contributed by atoms with Gasteiger partial charge in [-0.1, -0.05) is 30.3 Å². The van der Waals surface area contributed by atoms with Crippen molar-refractivity contribution in [2.75, 3.05) is 21.3 Å². The largest absolute Gasteiger partial charge is 0.497 e. The Bertz CT molecular complexity index is 1050. The number of ether oxygens (including phenoxy) is 5. The van der Waals surface area contributed by atoms with Crippen LogP contribution in [0.2, 0.25) is 0 Å². The van der Waals surface area contributed by atoms with E-state index in [9.17, 15) is 4.79 Å². The lowest BCUT2D eigenvalue weighted by atomic mass is 9.93. The number of methoxy groups -OCH3 is 3. The monoisotopic (exact) mass is 420 g/mol. The van der Waals surface area contributed by atoms with Crippen LogP contribution in [0.15, 0.2) is 66.7 Å². The third-order valence-electron chi connectivity index (χ3n) is 5.31. The Labute approximate surface area is 181 Å². The van der Waals surface area contributed by atoms with Crippen LogP contribution in [0.5, 0.6) is 23.0 Å². The molecule has 3 aromatic carbocycles. The van der Waals surface area contributed by atoms with Crippen molar-refractivity contribution >= 4 is 5.97 Å². The van der Waals surface area contributed by atoms with Gasteiger partial charge in [0.1, 0.15) is 29.1 Å². The molecule has 0 bridgehead atoms. The van der Waals surface area contributed by atoms with Gasteiger partial charge in [0.15, 0.2) is 6.10 Å². The van der Waals surface area contributed by atoms with E-state index in [0.29, 0.717) is 35.0 Å². The Kier molecular flexibility index (Phi) is 5.98. The molecule has 1 aliphatic heterocycles. The average molecular weight is 420 g/mol. The van der Waals surface area contributed by atoms with Crippen LogP contribution in [-0.4, -0.2) is 33.4 Å². The Hall–Kier alpha value is -3.67. The molecule has 2 atom stereocenters. The van der Waals surface area contributed by atoms with Crippen molar-refractivity contribution in [2.24, 2.45) is 0 Å². The van der Waals surface area contributed by atoms with E-state index in [4.69, 9.17) is 23.7 Å². The molecule has 6 nitrogen and oxygen atoms in total. The summed E-state index contributed by atoms with van der Waals surface area (Å²) < 4.78 is 28.4. The molecule has 0 unspecified atom stereocenters. The van der Waals surface area contributed by atoms with Gasteiger partial charge in [-0.2, -0.15) is 0 Å². The summed E-state index contributed by atoms with van der Waals surface area (Å²) in [5.41, 5.74) is 2.20. The van der Waals surface area contributed by atoms with Crippen LogP contribution in [0.3, 0.4) is 0 Å². The molecule has 31 heavy (non-hydrogen) atoms. The number of hydrogen-bond donors (Lipinski definition) is 0. The molecule has 0 amide bonds. The van der Waals surface area contributed by atoms with E-state index in [1.54, 1.807) is 51.7 Å². The summed E-state index contributed by atoms with van der Waals surface area (Å²) >= 11 is 0. The average Bonchev–Trinajstić information content (AvgIpc) is 2.83. The maximum Gasteiger partial charge on any atom is 0.338 e. The van der Waals surface area contributed by atoms with Crippen molar-refractivity contribution in [3.05, 3.63) is 83.4 Å². The van der Waals surface area contributed by atoms with Gasteiger partial charge in [-0.3, -0.25) is 0 Å². The number of fused-ring (bicyclic) bond motifs is 1. The predicted octanol–water partition coefficient (Wildman–Crippen LogP) is 4.61. The van der Waals surface area contributed by atoms with E-state index in [0.717, 1.165) is 11.1 Å². The second-order valence-electron chi connectivity index (χ2n) is 7.13. The molecule has 6 heteroatoms. The van der Waals surface area contributed by atoms with Crippen molar-refractivity contribution in [2.45, 2.75) is 18.6 Å². The van der Waals surface area contributed by atoms with Crippen molar-refractivity contribution in [1.29, 1.82) is 0 Å². The van der Waals surface area contributed by atoms with Gasteiger partial charge >= 0.3 is 5.97 Å². The van der Waals surface area contributed by atoms with Crippen LogP contribution in [0, 0.1) is 0 Å². The fourth-order valence-corrected chi connectivity index (χ4v) is 3.68. The fourth-order valence-electron chi connectivity index (χ4n) is 3.68. The molecule has 0 saturated carbocycles. The second kappa shape index (κ2) is 9.00. The van der Waals surface area contributed by atoms with Gasteiger partial charge < -0.3 is 23.7 Å². The first kappa shape index (κ1) is 20.6. The number of rotatable bonds is 6.